The van der Waals surface area contributed by atoms with Crippen molar-refractivity contribution in [3.8, 4) is 0 Å². The SMILES string of the molecule is O=C1CN(C2CCOC2C2CC2)C(=O)C2CCCN12. The van der Waals surface area contributed by atoms with Gasteiger partial charge in [0.15, 0.2) is 0 Å². The van der Waals surface area contributed by atoms with Crippen LogP contribution in [0, 0.1) is 5.92 Å². The van der Waals surface area contributed by atoms with Gasteiger partial charge in [-0.2, -0.15) is 0 Å². The zero-order chi connectivity index (χ0) is 13.0. The molecule has 5 heteroatoms. The van der Waals surface area contributed by atoms with E-state index >= 15 is 0 Å². The Balaban J connectivity index is 1.56. The highest BCUT2D eigenvalue weighted by Gasteiger charge is 2.49. The Labute approximate surface area is 112 Å². The van der Waals surface area contributed by atoms with E-state index in [0.29, 0.717) is 5.92 Å². The van der Waals surface area contributed by atoms with Crippen molar-refractivity contribution in [1.29, 1.82) is 0 Å². The number of ether oxygens (including phenoxy) is 1. The van der Waals surface area contributed by atoms with E-state index in [9.17, 15) is 9.59 Å². The van der Waals surface area contributed by atoms with E-state index in [-0.39, 0.29) is 36.5 Å². The quantitative estimate of drug-likeness (QED) is 0.725. The fraction of sp³-hybridized carbons (Fsp3) is 0.857. The van der Waals surface area contributed by atoms with Gasteiger partial charge in [-0.25, -0.2) is 0 Å². The number of rotatable bonds is 2. The van der Waals surface area contributed by atoms with Gasteiger partial charge in [-0.05, 0) is 38.0 Å². The van der Waals surface area contributed by atoms with Crippen LogP contribution in [0.5, 0.6) is 0 Å². The molecule has 3 aliphatic heterocycles. The van der Waals surface area contributed by atoms with Gasteiger partial charge in [-0.3, -0.25) is 9.59 Å². The lowest BCUT2D eigenvalue weighted by molar-refractivity contribution is -0.157. The van der Waals surface area contributed by atoms with E-state index in [4.69, 9.17) is 4.74 Å². The lowest BCUT2D eigenvalue weighted by atomic mass is 10.0. The number of amides is 2. The largest absolute Gasteiger partial charge is 0.376 e. The minimum absolute atomic E-state index is 0.128. The Kier molecular flexibility index (Phi) is 2.59. The molecule has 3 heterocycles. The zero-order valence-corrected chi connectivity index (χ0v) is 11.1. The van der Waals surface area contributed by atoms with Gasteiger partial charge in [-0.1, -0.05) is 0 Å². The Bertz CT molecular complexity index is 421. The third-order valence-electron chi connectivity index (χ3n) is 5.04. The molecule has 3 saturated heterocycles. The Morgan fingerprint density at radius 1 is 1.05 bits per heavy atom. The topological polar surface area (TPSA) is 49.9 Å². The van der Waals surface area contributed by atoms with Gasteiger partial charge in [0.25, 0.3) is 0 Å². The molecule has 104 valence electrons. The summed E-state index contributed by atoms with van der Waals surface area (Å²) in [5.41, 5.74) is 0. The van der Waals surface area contributed by atoms with E-state index in [1.807, 2.05) is 4.90 Å². The molecule has 0 bridgehead atoms. The van der Waals surface area contributed by atoms with Gasteiger partial charge in [0, 0.05) is 13.2 Å². The van der Waals surface area contributed by atoms with E-state index < -0.39 is 0 Å². The van der Waals surface area contributed by atoms with Crippen LogP contribution in [0.15, 0.2) is 0 Å². The number of hydrogen-bond donors (Lipinski definition) is 0. The van der Waals surface area contributed by atoms with E-state index in [1.165, 1.54) is 12.8 Å². The summed E-state index contributed by atoms with van der Waals surface area (Å²) in [7, 11) is 0. The van der Waals surface area contributed by atoms with Gasteiger partial charge >= 0.3 is 0 Å². The molecule has 3 unspecified atom stereocenters. The fourth-order valence-corrected chi connectivity index (χ4v) is 3.92. The van der Waals surface area contributed by atoms with Crippen LogP contribution in [0.3, 0.4) is 0 Å². The summed E-state index contributed by atoms with van der Waals surface area (Å²) in [4.78, 5) is 28.4. The molecule has 5 nitrogen and oxygen atoms in total. The molecule has 4 rings (SSSR count). The predicted molar refractivity (Wildman–Crippen MR) is 67.3 cm³/mol. The minimum atomic E-state index is -0.179. The predicted octanol–water partition coefficient (Wildman–Crippen LogP) is 0.387. The third-order valence-corrected chi connectivity index (χ3v) is 5.04. The van der Waals surface area contributed by atoms with Crippen molar-refractivity contribution in [1.82, 2.24) is 9.80 Å². The zero-order valence-electron chi connectivity index (χ0n) is 11.1. The van der Waals surface area contributed by atoms with Crippen LogP contribution in [-0.4, -0.2) is 59.5 Å². The molecule has 0 aromatic heterocycles. The maximum Gasteiger partial charge on any atom is 0.246 e. The maximum atomic E-state index is 12.6. The summed E-state index contributed by atoms with van der Waals surface area (Å²) in [5, 5.41) is 0. The van der Waals surface area contributed by atoms with Crippen molar-refractivity contribution in [2.75, 3.05) is 19.7 Å². The minimum Gasteiger partial charge on any atom is -0.376 e. The molecular formula is C14H20N2O3. The highest BCUT2D eigenvalue weighted by molar-refractivity contribution is 5.95. The average Bonchev–Trinajstić information content (AvgIpc) is 2.94. The Morgan fingerprint density at radius 3 is 2.68 bits per heavy atom. The van der Waals surface area contributed by atoms with Crippen molar-refractivity contribution in [2.45, 2.75) is 50.3 Å². The molecule has 4 aliphatic rings. The smallest absolute Gasteiger partial charge is 0.246 e. The highest BCUT2D eigenvalue weighted by atomic mass is 16.5. The molecule has 4 fully saturated rings. The van der Waals surface area contributed by atoms with Crippen molar-refractivity contribution >= 4 is 11.8 Å². The van der Waals surface area contributed by atoms with Gasteiger partial charge < -0.3 is 14.5 Å². The summed E-state index contributed by atoms with van der Waals surface area (Å²) in [6.07, 6.45) is 5.31. The number of nitrogens with zero attached hydrogens (tertiary/aromatic N) is 2. The molecule has 1 saturated carbocycles. The van der Waals surface area contributed by atoms with E-state index in [1.54, 1.807) is 4.90 Å². The molecular weight excluding hydrogens is 244 g/mol. The molecule has 0 aromatic rings. The monoisotopic (exact) mass is 264 g/mol. The second-order valence-electron chi connectivity index (χ2n) is 6.24. The van der Waals surface area contributed by atoms with Crippen LogP contribution in [-0.2, 0) is 14.3 Å². The van der Waals surface area contributed by atoms with Crippen molar-refractivity contribution in [3.63, 3.8) is 0 Å². The molecule has 0 radical (unpaired) electrons. The van der Waals surface area contributed by atoms with Gasteiger partial charge in [0.05, 0.1) is 12.1 Å². The normalized spacial score (nSPS) is 39.1. The first-order chi connectivity index (χ1) is 9.25. The van der Waals surface area contributed by atoms with Crippen LogP contribution < -0.4 is 0 Å². The summed E-state index contributed by atoms with van der Waals surface area (Å²) in [6, 6.07) is -0.0339. The first kappa shape index (κ1) is 11.7. The molecule has 19 heavy (non-hydrogen) atoms. The van der Waals surface area contributed by atoms with Crippen LogP contribution in [0.2, 0.25) is 0 Å². The maximum absolute atomic E-state index is 12.6. The first-order valence-corrected chi connectivity index (χ1v) is 7.47. The van der Waals surface area contributed by atoms with Crippen molar-refractivity contribution in [2.24, 2.45) is 5.92 Å². The first-order valence-electron chi connectivity index (χ1n) is 7.47. The van der Waals surface area contributed by atoms with E-state index in [2.05, 4.69) is 0 Å². The van der Waals surface area contributed by atoms with Crippen LogP contribution >= 0.6 is 0 Å². The number of carbonyl (C=O) groups is 2. The van der Waals surface area contributed by atoms with Crippen LogP contribution in [0.25, 0.3) is 0 Å². The second kappa shape index (κ2) is 4.20. The summed E-state index contributed by atoms with van der Waals surface area (Å²) < 4.78 is 5.82. The number of carbonyl (C=O) groups excluding carboxylic acids is 2. The summed E-state index contributed by atoms with van der Waals surface area (Å²) in [5.74, 6) is 0.916. The summed E-state index contributed by atoms with van der Waals surface area (Å²) >= 11 is 0. The molecule has 3 atom stereocenters. The Morgan fingerprint density at radius 2 is 1.89 bits per heavy atom. The van der Waals surface area contributed by atoms with Gasteiger partial charge in [0.2, 0.25) is 11.8 Å². The average molecular weight is 264 g/mol. The molecule has 0 spiro atoms. The lowest BCUT2D eigenvalue weighted by Gasteiger charge is -2.40. The number of fused-ring (bicyclic) bond motifs is 1. The molecule has 0 aromatic carbocycles. The van der Waals surface area contributed by atoms with Crippen molar-refractivity contribution < 1.29 is 14.3 Å². The van der Waals surface area contributed by atoms with Crippen molar-refractivity contribution in [3.05, 3.63) is 0 Å². The fourth-order valence-electron chi connectivity index (χ4n) is 3.92. The standard InChI is InChI=1S/C14H20N2O3/c17-12-8-16(14(18)11-2-1-6-15(11)12)10-5-7-19-13(10)9-3-4-9/h9-11,13H,1-8H2. The molecule has 1 aliphatic carbocycles. The number of hydrogen-bond acceptors (Lipinski definition) is 3. The lowest BCUT2D eigenvalue weighted by Crippen LogP contribution is -2.61. The third kappa shape index (κ3) is 1.78. The number of piperazine rings is 1. The molecule has 2 amide bonds. The Hall–Kier alpha value is -1.10. The highest BCUT2D eigenvalue weighted by Crippen LogP contribution is 2.41. The van der Waals surface area contributed by atoms with Crippen LogP contribution in [0.4, 0.5) is 0 Å². The van der Waals surface area contributed by atoms with Crippen LogP contribution in [0.1, 0.15) is 32.1 Å². The molecule has 0 N–H and O–H groups in total. The van der Waals surface area contributed by atoms with Gasteiger partial charge in [-0.15, -0.1) is 0 Å². The summed E-state index contributed by atoms with van der Waals surface area (Å²) in [6.45, 7) is 1.76. The van der Waals surface area contributed by atoms with Gasteiger partial charge in [0.1, 0.15) is 12.6 Å². The second-order valence-corrected chi connectivity index (χ2v) is 6.24. The van der Waals surface area contributed by atoms with E-state index in [0.717, 1.165) is 32.4 Å².